The summed E-state index contributed by atoms with van der Waals surface area (Å²) in [7, 11) is 1.73. The third kappa shape index (κ3) is 3.14. The van der Waals surface area contributed by atoms with Gasteiger partial charge in [0.25, 0.3) is 0 Å². The van der Waals surface area contributed by atoms with E-state index in [1.165, 1.54) is 12.0 Å². The molecule has 1 saturated heterocycles. The molecule has 1 aliphatic heterocycles. The summed E-state index contributed by atoms with van der Waals surface area (Å²) in [6, 6.07) is 8.62. The van der Waals surface area contributed by atoms with Gasteiger partial charge < -0.3 is 9.26 Å². The maximum atomic E-state index is 5.55. The largest absolute Gasteiger partial charge is 0.496 e. The molecule has 5 heteroatoms. The first-order chi connectivity index (χ1) is 10.7. The molecule has 0 aliphatic carbocycles. The van der Waals surface area contributed by atoms with E-state index in [1.807, 2.05) is 19.1 Å². The second-order valence-corrected chi connectivity index (χ2v) is 6.10. The number of hydrogen-bond donors (Lipinski definition) is 0. The minimum absolute atomic E-state index is 0.339. The molecule has 1 aliphatic rings. The Morgan fingerprint density at radius 3 is 2.86 bits per heavy atom. The normalized spacial score (nSPS) is 22.7. The third-order valence-electron chi connectivity index (χ3n) is 4.33. The molecule has 0 N–H and O–H groups in total. The van der Waals surface area contributed by atoms with Crippen molar-refractivity contribution in [1.82, 2.24) is 15.0 Å². The van der Waals surface area contributed by atoms with Crippen molar-refractivity contribution in [1.29, 1.82) is 0 Å². The Labute approximate surface area is 131 Å². The molecule has 0 spiro atoms. The summed E-state index contributed by atoms with van der Waals surface area (Å²) in [6.07, 6.45) is 2.35. The van der Waals surface area contributed by atoms with E-state index in [1.54, 1.807) is 7.11 Å². The van der Waals surface area contributed by atoms with Crippen LogP contribution in [-0.2, 0) is 6.54 Å². The molecule has 118 valence electrons. The van der Waals surface area contributed by atoms with E-state index in [4.69, 9.17) is 9.26 Å². The molecular weight excluding hydrogens is 278 g/mol. The van der Waals surface area contributed by atoms with Crippen molar-refractivity contribution >= 4 is 0 Å². The van der Waals surface area contributed by atoms with E-state index >= 15 is 0 Å². The summed E-state index contributed by atoms with van der Waals surface area (Å²) >= 11 is 0. The fourth-order valence-corrected chi connectivity index (χ4v) is 3.30. The van der Waals surface area contributed by atoms with Crippen LogP contribution in [0.2, 0.25) is 0 Å². The summed E-state index contributed by atoms with van der Waals surface area (Å²) in [5.41, 5.74) is 1.25. The van der Waals surface area contributed by atoms with Crippen LogP contribution < -0.4 is 4.74 Å². The van der Waals surface area contributed by atoms with Crippen molar-refractivity contribution in [2.45, 2.75) is 39.3 Å². The van der Waals surface area contributed by atoms with E-state index < -0.39 is 0 Å². The lowest BCUT2D eigenvalue weighted by Crippen LogP contribution is -2.37. The molecule has 2 atom stereocenters. The van der Waals surface area contributed by atoms with E-state index in [-0.39, 0.29) is 0 Å². The molecule has 5 nitrogen and oxygen atoms in total. The van der Waals surface area contributed by atoms with Crippen LogP contribution >= 0.6 is 0 Å². The highest BCUT2D eigenvalue weighted by Crippen LogP contribution is 2.38. The maximum Gasteiger partial charge on any atom is 0.223 e. The van der Waals surface area contributed by atoms with Gasteiger partial charge in [-0.3, -0.25) is 4.90 Å². The number of likely N-dealkylation sites (tertiary alicyclic amines) is 1. The zero-order valence-corrected chi connectivity index (χ0v) is 13.5. The van der Waals surface area contributed by atoms with Gasteiger partial charge in [0.2, 0.25) is 5.89 Å². The number of rotatable bonds is 4. The van der Waals surface area contributed by atoms with Gasteiger partial charge in [-0.15, -0.1) is 0 Å². The van der Waals surface area contributed by atoms with Crippen LogP contribution in [0.3, 0.4) is 0 Å². The topological polar surface area (TPSA) is 51.4 Å². The molecular formula is C17H23N3O2. The summed E-state index contributed by atoms with van der Waals surface area (Å²) < 4.78 is 10.7. The lowest BCUT2D eigenvalue weighted by molar-refractivity contribution is 0.100. The molecule has 2 aromatic rings. The predicted octanol–water partition coefficient (Wildman–Crippen LogP) is 3.36. The van der Waals surface area contributed by atoms with Crippen LogP contribution in [0.1, 0.15) is 43.1 Å². The summed E-state index contributed by atoms with van der Waals surface area (Å²) in [5.74, 6) is 3.01. The number of hydrogen-bond acceptors (Lipinski definition) is 5. The highest BCUT2D eigenvalue weighted by atomic mass is 16.5. The van der Waals surface area contributed by atoms with Gasteiger partial charge in [0.1, 0.15) is 5.75 Å². The number of aromatic nitrogens is 2. The molecule has 0 unspecified atom stereocenters. The molecule has 3 rings (SSSR count). The van der Waals surface area contributed by atoms with Crippen LogP contribution in [-0.4, -0.2) is 28.7 Å². The van der Waals surface area contributed by atoms with Crippen LogP contribution in [0.15, 0.2) is 28.8 Å². The van der Waals surface area contributed by atoms with Gasteiger partial charge in [-0.2, -0.15) is 4.98 Å². The van der Waals surface area contributed by atoms with Gasteiger partial charge >= 0.3 is 0 Å². The smallest absolute Gasteiger partial charge is 0.223 e. The first-order valence-electron chi connectivity index (χ1n) is 7.83. The van der Waals surface area contributed by atoms with Crippen LogP contribution in [0.5, 0.6) is 5.75 Å². The van der Waals surface area contributed by atoms with Gasteiger partial charge in [-0.25, -0.2) is 0 Å². The van der Waals surface area contributed by atoms with E-state index in [9.17, 15) is 0 Å². The van der Waals surface area contributed by atoms with E-state index in [2.05, 4.69) is 34.1 Å². The van der Waals surface area contributed by atoms with Crippen LogP contribution in [0, 0.1) is 12.8 Å². The highest BCUT2D eigenvalue weighted by Gasteiger charge is 2.30. The summed E-state index contributed by atoms with van der Waals surface area (Å²) in [6.45, 7) is 5.88. The Balaban J connectivity index is 1.86. The van der Waals surface area contributed by atoms with Crippen molar-refractivity contribution in [3.05, 3.63) is 41.5 Å². The molecule has 0 bridgehead atoms. The standard InChI is InChI=1S/C17H23N3O2/c1-12-8-9-15(14-6-4-5-7-16(14)21-3)20(10-12)11-17-18-13(2)22-19-17/h4-7,12,15H,8-11H2,1-3H3/t12-,15-/m0/s1. The van der Waals surface area contributed by atoms with Gasteiger partial charge in [0.15, 0.2) is 5.82 Å². The minimum Gasteiger partial charge on any atom is -0.496 e. The average Bonchev–Trinajstić information content (AvgIpc) is 2.93. The number of benzene rings is 1. The van der Waals surface area contributed by atoms with Gasteiger partial charge in [-0.1, -0.05) is 30.3 Å². The average molecular weight is 301 g/mol. The third-order valence-corrected chi connectivity index (χ3v) is 4.33. The van der Waals surface area contributed by atoms with Gasteiger partial charge in [0.05, 0.1) is 13.7 Å². The number of aryl methyl sites for hydroxylation is 1. The maximum absolute atomic E-state index is 5.55. The first kappa shape index (κ1) is 15.0. The van der Waals surface area contributed by atoms with Gasteiger partial charge in [0, 0.05) is 25.1 Å². The van der Waals surface area contributed by atoms with Crippen LogP contribution in [0.4, 0.5) is 0 Å². The quantitative estimate of drug-likeness (QED) is 0.866. The van der Waals surface area contributed by atoms with Gasteiger partial charge in [-0.05, 0) is 24.8 Å². The Kier molecular flexibility index (Phi) is 4.43. The number of nitrogens with zero attached hydrogens (tertiary/aromatic N) is 3. The van der Waals surface area contributed by atoms with Crippen molar-refractivity contribution < 1.29 is 9.26 Å². The fourth-order valence-electron chi connectivity index (χ4n) is 3.30. The zero-order chi connectivity index (χ0) is 15.5. The summed E-state index contributed by atoms with van der Waals surface area (Å²) in [4.78, 5) is 6.79. The Morgan fingerprint density at radius 1 is 1.32 bits per heavy atom. The Hall–Kier alpha value is -1.88. The molecule has 1 fully saturated rings. The molecule has 2 heterocycles. The number of para-hydroxylation sites is 1. The first-order valence-corrected chi connectivity index (χ1v) is 7.83. The summed E-state index contributed by atoms with van der Waals surface area (Å²) in [5, 5.41) is 4.05. The van der Waals surface area contributed by atoms with E-state index in [0.717, 1.165) is 24.5 Å². The number of methoxy groups -OCH3 is 1. The number of piperidine rings is 1. The van der Waals surface area contributed by atoms with Crippen molar-refractivity contribution in [2.75, 3.05) is 13.7 Å². The Morgan fingerprint density at radius 2 is 2.14 bits per heavy atom. The molecule has 22 heavy (non-hydrogen) atoms. The fraction of sp³-hybridized carbons (Fsp3) is 0.529. The van der Waals surface area contributed by atoms with E-state index in [0.29, 0.717) is 24.4 Å². The molecule has 0 radical (unpaired) electrons. The zero-order valence-electron chi connectivity index (χ0n) is 13.5. The van der Waals surface area contributed by atoms with Crippen LogP contribution in [0.25, 0.3) is 0 Å². The minimum atomic E-state index is 0.339. The second-order valence-electron chi connectivity index (χ2n) is 6.10. The molecule has 1 aromatic heterocycles. The SMILES string of the molecule is COc1ccccc1[C@@H]1CC[C@H](C)CN1Cc1noc(C)n1. The molecule has 0 amide bonds. The lowest BCUT2D eigenvalue weighted by atomic mass is 9.89. The van der Waals surface area contributed by atoms with Crippen molar-refractivity contribution in [3.8, 4) is 5.75 Å². The number of ether oxygens (including phenoxy) is 1. The molecule has 0 saturated carbocycles. The Bertz CT molecular complexity index is 626. The molecule has 1 aromatic carbocycles. The monoisotopic (exact) mass is 301 g/mol. The predicted molar refractivity (Wildman–Crippen MR) is 83.6 cm³/mol. The van der Waals surface area contributed by atoms with Crippen molar-refractivity contribution in [2.24, 2.45) is 5.92 Å². The lowest BCUT2D eigenvalue weighted by Gasteiger charge is -2.38. The second kappa shape index (κ2) is 6.48. The van der Waals surface area contributed by atoms with Crippen molar-refractivity contribution in [3.63, 3.8) is 0 Å². The highest BCUT2D eigenvalue weighted by molar-refractivity contribution is 5.36.